The maximum Gasteiger partial charge on any atom is 0.409 e. The SMILES string of the molecule is CCCN1CC(CN2CCC(Cc3cc(F)ccc3Cl)CC2)COC1=O. The maximum atomic E-state index is 13.4. The van der Waals surface area contributed by atoms with Crippen LogP contribution in [0, 0.1) is 17.7 Å². The highest BCUT2D eigenvalue weighted by Gasteiger charge is 2.29. The Bertz CT molecular complexity index is 620. The second kappa shape index (κ2) is 9.05. The molecule has 2 fully saturated rings. The normalized spacial score (nSPS) is 22.5. The molecule has 0 radical (unpaired) electrons. The second-order valence-electron chi connectivity index (χ2n) is 7.57. The lowest BCUT2D eigenvalue weighted by molar-refractivity contribution is 0.0269. The van der Waals surface area contributed by atoms with Crippen LogP contribution in [0.2, 0.25) is 5.02 Å². The van der Waals surface area contributed by atoms with Crippen molar-refractivity contribution >= 4 is 17.7 Å². The van der Waals surface area contributed by atoms with Crippen molar-refractivity contribution in [2.24, 2.45) is 11.8 Å². The third kappa shape index (κ3) is 5.10. The fourth-order valence-corrected chi connectivity index (χ4v) is 4.23. The van der Waals surface area contributed by atoms with Crippen LogP contribution in [0.4, 0.5) is 9.18 Å². The van der Waals surface area contributed by atoms with Crippen molar-refractivity contribution in [3.05, 3.63) is 34.6 Å². The summed E-state index contributed by atoms with van der Waals surface area (Å²) in [5, 5.41) is 0.661. The lowest BCUT2D eigenvalue weighted by Gasteiger charge is -2.37. The molecular weight excluding hydrogens is 355 g/mol. The minimum atomic E-state index is -0.217. The number of cyclic esters (lactones) is 1. The number of ether oxygens (including phenoxy) is 1. The summed E-state index contributed by atoms with van der Waals surface area (Å²) in [5.41, 5.74) is 0.916. The zero-order valence-electron chi connectivity index (χ0n) is 15.4. The van der Waals surface area contributed by atoms with Gasteiger partial charge in [0.15, 0.2) is 0 Å². The van der Waals surface area contributed by atoms with E-state index in [-0.39, 0.29) is 11.9 Å². The largest absolute Gasteiger partial charge is 0.449 e. The molecule has 0 N–H and O–H groups in total. The van der Waals surface area contributed by atoms with E-state index in [0.29, 0.717) is 23.5 Å². The Morgan fingerprint density at radius 2 is 2.04 bits per heavy atom. The predicted octanol–water partition coefficient (Wildman–Crippen LogP) is 4.21. The number of amides is 1. The Morgan fingerprint density at radius 3 is 2.77 bits per heavy atom. The summed E-state index contributed by atoms with van der Waals surface area (Å²) in [6.45, 7) is 7.22. The van der Waals surface area contributed by atoms with E-state index in [0.717, 1.165) is 64.0 Å². The molecule has 1 unspecified atom stereocenters. The van der Waals surface area contributed by atoms with E-state index >= 15 is 0 Å². The predicted molar refractivity (Wildman–Crippen MR) is 101 cm³/mol. The minimum Gasteiger partial charge on any atom is -0.449 e. The molecule has 2 aliphatic heterocycles. The smallest absolute Gasteiger partial charge is 0.409 e. The number of benzene rings is 1. The van der Waals surface area contributed by atoms with Gasteiger partial charge in [0.05, 0.1) is 6.61 Å². The van der Waals surface area contributed by atoms with Gasteiger partial charge in [-0.3, -0.25) is 0 Å². The number of carbonyl (C=O) groups is 1. The van der Waals surface area contributed by atoms with Crippen molar-refractivity contribution < 1.29 is 13.9 Å². The van der Waals surface area contributed by atoms with Gasteiger partial charge in [0, 0.05) is 30.6 Å². The first-order valence-corrected chi connectivity index (χ1v) is 10.0. The molecule has 6 heteroatoms. The molecule has 3 rings (SSSR count). The molecular formula is C20H28ClFN2O2. The van der Waals surface area contributed by atoms with Crippen molar-refractivity contribution in [3.63, 3.8) is 0 Å². The first-order valence-electron chi connectivity index (χ1n) is 9.63. The summed E-state index contributed by atoms with van der Waals surface area (Å²) in [5.74, 6) is 0.713. The van der Waals surface area contributed by atoms with Gasteiger partial charge in [0.1, 0.15) is 5.82 Å². The number of carbonyl (C=O) groups excluding carboxylic acids is 1. The molecule has 26 heavy (non-hydrogen) atoms. The minimum absolute atomic E-state index is 0.172. The van der Waals surface area contributed by atoms with Gasteiger partial charge >= 0.3 is 6.09 Å². The van der Waals surface area contributed by atoms with Crippen LogP contribution >= 0.6 is 11.6 Å². The summed E-state index contributed by atoms with van der Waals surface area (Å²) in [6.07, 6.45) is 3.82. The molecule has 4 nitrogen and oxygen atoms in total. The van der Waals surface area contributed by atoms with Crippen molar-refractivity contribution in [1.29, 1.82) is 0 Å². The van der Waals surface area contributed by atoms with E-state index < -0.39 is 0 Å². The first kappa shape index (κ1) is 19.4. The Morgan fingerprint density at radius 1 is 1.27 bits per heavy atom. The van der Waals surface area contributed by atoms with Crippen LogP contribution in [0.25, 0.3) is 0 Å². The number of likely N-dealkylation sites (tertiary alicyclic amines) is 1. The van der Waals surface area contributed by atoms with E-state index in [1.54, 1.807) is 12.1 Å². The van der Waals surface area contributed by atoms with E-state index in [1.165, 1.54) is 6.07 Å². The molecule has 0 aliphatic carbocycles. The van der Waals surface area contributed by atoms with Gasteiger partial charge in [0.2, 0.25) is 0 Å². The first-order chi connectivity index (χ1) is 12.5. The number of halogens is 2. The highest BCUT2D eigenvalue weighted by atomic mass is 35.5. The van der Waals surface area contributed by atoms with Crippen molar-refractivity contribution in [3.8, 4) is 0 Å². The zero-order valence-corrected chi connectivity index (χ0v) is 16.2. The lowest BCUT2D eigenvalue weighted by atomic mass is 9.89. The molecule has 1 amide bonds. The number of piperidine rings is 1. The Balaban J connectivity index is 1.45. The molecule has 2 heterocycles. The van der Waals surface area contributed by atoms with Crippen LogP contribution < -0.4 is 0 Å². The Kier molecular flexibility index (Phi) is 6.76. The van der Waals surface area contributed by atoms with Crippen LogP contribution in [-0.4, -0.2) is 55.2 Å². The van der Waals surface area contributed by atoms with Crippen molar-refractivity contribution in [2.45, 2.75) is 32.6 Å². The fourth-order valence-electron chi connectivity index (χ4n) is 4.03. The zero-order chi connectivity index (χ0) is 18.5. The number of hydrogen-bond donors (Lipinski definition) is 0. The quantitative estimate of drug-likeness (QED) is 0.738. The highest BCUT2D eigenvalue weighted by Crippen LogP contribution is 2.27. The number of rotatable bonds is 6. The Hall–Kier alpha value is -1.33. The molecule has 0 saturated carbocycles. The summed E-state index contributed by atoms with van der Waals surface area (Å²) in [6, 6.07) is 4.62. The Labute approximate surface area is 160 Å². The summed E-state index contributed by atoms with van der Waals surface area (Å²) in [4.78, 5) is 16.0. The van der Waals surface area contributed by atoms with Gasteiger partial charge in [-0.25, -0.2) is 9.18 Å². The van der Waals surface area contributed by atoms with Gasteiger partial charge in [-0.15, -0.1) is 0 Å². The fraction of sp³-hybridized carbons (Fsp3) is 0.650. The molecule has 1 atom stereocenters. The van der Waals surface area contributed by atoms with Crippen LogP contribution in [0.3, 0.4) is 0 Å². The van der Waals surface area contributed by atoms with Crippen LogP contribution in [0.15, 0.2) is 18.2 Å². The van der Waals surface area contributed by atoms with Crippen molar-refractivity contribution in [1.82, 2.24) is 9.80 Å². The molecule has 2 saturated heterocycles. The van der Waals surface area contributed by atoms with Gasteiger partial charge in [-0.05, 0) is 68.5 Å². The summed E-state index contributed by atoms with van der Waals surface area (Å²) in [7, 11) is 0. The standard InChI is InChI=1S/C20H28ClFN2O2/c1-2-7-24-13-16(14-26-20(24)25)12-23-8-5-15(6-9-23)10-17-11-18(22)3-4-19(17)21/h3-4,11,15-16H,2,5-10,12-14H2,1H3. The molecule has 1 aromatic carbocycles. The van der Waals surface area contributed by atoms with E-state index in [2.05, 4.69) is 11.8 Å². The highest BCUT2D eigenvalue weighted by molar-refractivity contribution is 6.31. The average Bonchev–Trinajstić information content (AvgIpc) is 2.63. The summed E-state index contributed by atoms with van der Waals surface area (Å²) >= 11 is 6.20. The molecule has 0 bridgehead atoms. The lowest BCUT2D eigenvalue weighted by Crippen LogP contribution is -2.48. The molecule has 1 aromatic rings. The molecule has 0 spiro atoms. The third-order valence-electron chi connectivity index (χ3n) is 5.41. The monoisotopic (exact) mass is 382 g/mol. The molecule has 144 valence electrons. The second-order valence-corrected chi connectivity index (χ2v) is 7.98. The number of nitrogens with zero attached hydrogens (tertiary/aromatic N) is 2. The van der Waals surface area contributed by atoms with E-state index in [9.17, 15) is 9.18 Å². The van der Waals surface area contributed by atoms with E-state index in [4.69, 9.17) is 16.3 Å². The molecule has 0 aromatic heterocycles. The van der Waals surface area contributed by atoms with Crippen LogP contribution in [0.1, 0.15) is 31.7 Å². The maximum absolute atomic E-state index is 13.4. The third-order valence-corrected chi connectivity index (χ3v) is 5.78. The van der Waals surface area contributed by atoms with Gasteiger partial charge in [-0.2, -0.15) is 0 Å². The summed E-state index contributed by atoms with van der Waals surface area (Å²) < 4.78 is 18.8. The van der Waals surface area contributed by atoms with Crippen molar-refractivity contribution in [2.75, 3.05) is 39.3 Å². The number of hydrogen-bond acceptors (Lipinski definition) is 3. The molecule has 2 aliphatic rings. The van der Waals surface area contributed by atoms with Crippen LogP contribution in [0.5, 0.6) is 0 Å². The van der Waals surface area contributed by atoms with Gasteiger partial charge in [-0.1, -0.05) is 18.5 Å². The van der Waals surface area contributed by atoms with Crippen LogP contribution in [-0.2, 0) is 11.2 Å². The van der Waals surface area contributed by atoms with Gasteiger partial charge < -0.3 is 14.5 Å². The average molecular weight is 383 g/mol. The van der Waals surface area contributed by atoms with E-state index in [1.807, 2.05) is 4.90 Å². The topological polar surface area (TPSA) is 32.8 Å². The van der Waals surface area contributed by atoms with Gasteiger partial charge in [0.25, 0.3) is 0 Å².